The molecule has 1 N–H and O–H groups in total. The lowest BCUT2D eigenvalue weighted by Gasteiger charge is -2.06. The molecule has 0 aliphatic rings. The molecule has 0 saturated heterocycles. The standard InChI is InChI=1S/C21H17N3O2S/c1-14-7-9-16(10-8-14)18-13-27-21-23-12-17(20(26)24(18)21)19(25)22-11-15-5-3-2-4-6-15/h2-10,12-13H,11H2,1H3,(H,22,25). The van der Waals surface area contributed by atoms with Crippen molar-refractivity contribution in [1.82, 2.24) is 14.7 Å². The molecule has 27 heavy (non-hydrogen) atoms. The molecule has 0 radical (unpaired) electrons. The summed E-state index contributed by atoms with van der Waals surface area (Å²) >= 11 is 1.38. The fraction of sp³-hybridized carbons (Fsp3) is 0.0952. The number of amides is 1. The molecule has 134 valence electrons. The molecule has 0 unspecified atom stereocenters. The van der Waals surface area contributed by atoms with Crippen LogP contribution in [0.2, 0.25) is 0 Å². The van der Waals surface area contributed by atoms with E-state index < -0.39 is 5.91 Å². The van der Waals surface area contributed by atoms with Crippen LogP contribution in [0, 0.1) is 6.92 Å². The van der Waals surface area contributed by atoms with E-state index in [1.807, 2.05) is 66.9 Å². The number of fused-ring (bicyclic) bond motifs is 1. The van der Waals surface area contributed by atoms with Crippen molar-refractivity contribution in [2.45, 2.75) is 13.5 Å². The quantitative estimate of drug-likeness (QED) is 0.592. The van der Waals surface area contributed by atoms with Crippen LogP contribution in [0.3, 0.4) is 0 Å². The summed E-state index contributed by atoms with van der Waals surface area (Å²) in [5.74, 6) is -0.424. The topological polar surface area (TPSA) is 63.5 Å². The van der Waals surface area contributed by atoms with Crippen LogP contribution in [-0.2, 0) is 6.54 Å². The van der Waals surface area contributed by atoms with E-state index in [1.165, 1.54) is 21.9 Å². The minimum Gasteiger partial charge on any atom is -0.348 e. The Morgan fingerprint density at radius 3 is 2.59 bits per heavy atom. The Morgan fingerprint density at radius 2 is 1.85 bits per heavy atom. The molecule has 2 aromatic heterocycles. The summed E-state index contributed by atoms with van der Waals surface area (Å²) < 4.78 is 1.51. The van der Waals surface area contributed by atoms with E-state index in [-0.39, 0.29) is 11.1 Å². The maximum Gasteiger partial charge on any atom is 0.271 e. The highest BCUT2D eigenvalue weighted by Gasteiger charge is 2.16. The summed E-state index contributed by atoms with van der Waals surface area (Å²) in [6.07, 6.45) is 1.35. The van der Waals surface area contributed by atoms with Gasteiger partial charge in [0.15, 0.2) is 4.96 Å². The number of nitrogens with one attached hydrogen (secondary N) is 1. The van der Waals surface area contributed by atoms with Gasteiger partial charge in [-0.15, -0.1) is 11.3 Å². The van der Waals surface area contributed by atoms with Crippen molar-refractivity contribution in [3.05, 3.63) is 93.2 Å². The summed E-state index contributed by atoms with van der Waals surface area (Å²) in [6, 6.07) is 17.5. The zero-order valence-electron chi connectivity index (χ0n) is 14.7. The van der Waals surface area contributed by atoms with Gasteiger partial charge in [0.05, 0.1) is 5.69 Å². The number of rotatable bonds is 4. The van der Waals surface area contributed by atoms with E-state index in [0.717, 1.165) is 22.4 Å². The van der Waals surface area contributed by atoms with Crippen LogP contribution in [0.4, 0.5) is 0 Å². The first-order valence-electron chi connectivity index (χ1n) is 8.52. The molecule has 4 rings (SSSR count). The summed E-state index contributed by atoms with van der Waals surface area (Å²) in [5, 5.41) is 4.68. The summed E-state index contributed by atoms with van der Waals surface area (Å²) in [5.41, 5.74) is 3.45. The van der Waals surface area contributed by atoms with Crippen molar-refractivity contribution in [2.75, 3.05) is 0 Å². The second kappa shape index (κ2) is 7.17. The van der Waals surface area contributed by atoms with Crippen molar-refractivity contribution >= 4 is 22.2 Å². The summed E-state index contributed by atoms with van der Waals surface area (Å²) in [4.78, 5) is 30.4. The number of benzene rings is 2. The van der Waals surface area contributed by atoms with Crippen LogP contribution in [-0.4, -0.2) is 15.3 Å². The normalized spacial score (nSPS) is 10.9. The molecule has 0 aliphatic heterocycles. The van der Waals surface area contributed by atoms with Gasteiger partial charge in [0, 0.05) is 18.1 Å². The van der Waals surface area contributed by atoms with Gasteiger partial charge in [0.25, 0.3) is 11.5 Å². The van der Waals surface area contributed by atoms with E-state index in [2.05, 4.69) is 10.3 Å². The van der Waals surface area contributed by atoms with E-state index in [1.54, 1.807) is 0 Å². The van der Waals surface area contributed by atoms with Gasteiger partial charge >= 0.3 is 0 Å². The zero-order valence-corrected chi connectivity index (χ0v) is 15.5. The van der Waals surface area contributed by atoms with Crippen molar-refractivity contribution in [1.29, 1.82) is 0 Å². The van der Waals surface area contributed by atoms with Crippen LogP contribution in [0.15, 0.2) is 71.0 Å². The largest absolute Gasteiger partial charge is 0.348 e. The van der Waals surface area contributed by atoms with Crippen molar-refractivity contribution in [3.63, 3.8) is 0 Å². The van der Waals surface area contributed by atoms with Crippen LogP contribution < -0.4 is 10.9 Å². The lowest BCUT2D eigenvalue weighted by Crippen LogP contribution is -2.31. The molecule has 0 aliphatic carbocycles. The van der Waals surface area contributed by atoms with E-state index >= 15 is 0 Å². The fourth-order valence-electron chi connectivity index (χ4n) is 2.85. The van der Waals surface area contributed by atoms with Crippen molar-refractivity contribution < 1.29 is 4.79 Å². The first kappa shape index (κ1) is 17.2. The predicted molar refractivity (Wildman–Crippen MR) is 107 cm³/mol. The van der Waals surface area contributed by atoms with Crippen LogP contribution in [0.1, 0.15) is 21.5 Å². The third-order valence-electron chi connectivity index (χ3n) is 4.33. The lowest BCUT2D eigenvalue weighted by atomic mass is 10.1. The van der Waals surface area contributed by atoms with Gasteiger partial charge in [0.2, 0.25) is 0 Å². The molecule has 0 spiro atoms. The SMILES string of the molecule is Cc1ccc(-c2csc3ncc(C(=O)NCc4ccccc4)c(=O)n23)cc1. The summed E-state index contributed by atoms with van der Waals surface area (Å²) in [7, 11) is 0. The number of hydrogen-bond acceptors (Lipinski definition) is 4. The third kappa shape index (κ3) is 3.39. The molecule has 2 aromatic carbocycles. The fourth-order valence-corrected chi connectivity index (χ4v) is 3.71. The number of aromatic nitrogens is 2. The Kier molecular flexibility index (Phi) is 4.56. The first-order chi connectivity index (χ1) is 13.1. The molecule has 0 saturated carbocycles. The second-order valence-corrected chi connectivity index (χ2v) is 7.09. The monoisotopic (exact) mass is 375 g/mol. The number of thiazole rings is 1. The average molecular weight is 375 g/mol. The van der Waals surface area contributed by atoms with Gasteiger partial charge < -0.3 is 5.32 Å². The molecule has 0 atom stereocenters. The minimum absolute atomic E-state index is 0.0372. The maximum absolute atomic E-state index is 13.0. The van der Waals surface area contributed by atoms with Gasteiger partial charge in [-0.1, -0.05) is 60.2 Å². The molecule has 5 nitrogen and oxygen atoms in total. The average Bonchev–Trinajstić information content (AvgIpc) is 3.13. The molecular weight excluding hydrogens is 358 g/mol. The van der Waals surface area contributed by atoms with E-state index in [4.69, 9.17) is 0 Å². The Hall–Kier alpha value is -3.25. The first-order valence-corrected chi connectivity index (χ1v) is 9.40. The number of carbonyl (C=O) groups excluding carboxylic acids is 1. The highest BCUT2D eigenvalue weighted by molar-refractivity contribution is 7.15. The molecule has 1 amide bonds. The van der Waals surface area contributed by atoms with Crippen molar-refractivity contribution in [2.24, 2.45) is 0 Å². The van der Waals surface area contributed by atoms with Gasteiger partial charge in [-0.05, 0) is 18.1 Å². The van der Waals surface area contributed by atoms with Gasteiger partial charge in [-0.3, -0.25) is 14.0 Å². The number of aryl methyl sites for hydroxylation is 1. The maximum atomic E-state index is 13.0. The second-order valence-electron chi connectivity index (χ2n) is 6.25. The Balaban J connectivity index is 1.69. The smallest absolute Gasteiger partial charge is 0.271 e. The molecule has 4 aromatic rings. The molecular formula is C21H17N3O2S. The Morgan fingerprint density at radius 1 is 1.11 bits per heavy atom. The minimum atomic E-state index is -0.424. The van der Waals surface area contributed by atoms with Gasteiger partial charge in [0.1, 0.15) is 5.56 Å². The molecule has 2 heterocycles. The van der Waals surface area contributed by atoms with Crippen molar-refractivity contribution in [3.8, 4) is 11.3 Å². The van der Waals surface area contributed by atoms with Crippen LogP contribution in [0.5, 0.6) is 0 Å². The highest BCUT2D eigenvalue weighted by Crippen LogP contribution is 2.24. The molecule has 0 fully saturated rings. The van der Waals surface area contributed by atoms with Gasteiger partial charge in [-0.25, -0.2) is 4.98 Å². The van der Waals surface area contributed by atoms with Gasteiger partial charge in [-0.2, -0.15) is 0 Å². The Labute approximate surface area is 160 Å². The lowest BCUT2D eigenvalue weighted by molar-refractivity contribution is 0.0949. The molecule has 6 heteroatoms. The van der Waals surface area contributed by atoms with Crippen LogP contribution in [0.25, 0.3) is 16.2 Å². The zero-order chi connectivity index (χ0) is 18.8. The Bertz CT molecular complexity index is 1160. The number of nitrogens with zero attached hydrogens (tertiary/aromatic N) is 2. The van der Waals surface area contributed by atoms with E-state index in [9.17, 15) is 9.59 Å². The van der Waals surface area contributed by atoms with E-state index in [0.29, 0.717) is 11.5 Å². The summed E-state index contributed by atoms with van der Waals surface area (Å²) in [6.45, 7) is 2.37. The number of hydrogen-bond donors (Lipinski definition) is 1. The number of carbonyl (C=O) groups is 1. The van der Waals surface area contributed by atoms with Crippen LogP contribution >= 0.6 is 11.3 Å². The highest BCUT2D eigenvalue weighted by atomic mass is 32.1. The predicted octanol–water partition coefficient (Wildman–Crippen LogP) is 3.66. The molecule has 0 bridgehead atoms. The third-order valence-corrected chi connectivity index (χ3v) is 5.17.